The molecule has 0 aliphatic rings. The molecule has 0 saturated carbocycles. The monoisotopic (exact) mass is 264 g/mol. The highest BCUT2D eigenvalue weighted by atomic mass is 16.5. The van der Waals surface area contributed by atoms with Crippen molar-refractivity contribution in [2.24, 2.45) is 0 Å². The van der Waals surface area contributed by atoms with Gasteiger partial charge in [0.1, 0.15) is 11.5 Å². The van der Waals surface area contributed by atoms with Gasteiger partial charge in [0.15, 0.2) is 0 Å². The lowest BCUT2D eigenvalue weighted by Crippen LogP contribution is -2.39. The molecule has 0 aliphatic heterocycles. The van der Waals surface area contributed by atoms with E-state index in [1.165, 1.54) is 20.1 Å². The van der Waals surface area contributed by atoms with Gasteiger partial charge in [-0.2, -0.15) is 0 Å². The summed E-state index contributed by atoms with van der Waals surface area (Å²) in [5, 5.41) is 0. The average Bonchev–Trinajstić information content (AvgIpc) is 2.42. The third-order valence-electron chi connectivity index (χ3n) is 2.22. The number of methoxy groups -OCH3 is 2. The zero-order valence-electron chi connectivity index (χ0n) is 11.0. The van der Waals surface area contributed by atoms with Crippen molar-refractivity contribution in [1.82, 2.24) is 10.9 Å². The molecular formula is C13H16N2O4. The van der Waals surface area contributed by atoms with Crippen molar-refractivity contribution in [3.05, 3.63) is 29.8 Å². The van der Waals surface area contributed by atoms with Crippen molar-refractivity contribution in [2.45, 2.75) is 6.92 Å². The van der Waals surface area contributed by atoms with E-state index in [0.29, 0.717) is 11.5 Å². The van der Waals surface area contributed by atoms with Crippen LogP contribution in [0.2, 0.25) is 0 Å². The van der Waals surface area contributed by atoms with E-state index in [1.54, 1.807) is 31.4 Å². The first-order chi connectivity index (χ1) is 9.06. The van der Waals surface area contributed by atoms with Crippen LogP contribution in [0.3, 0.4) is 0 Å². The molecule has 0 radical (unpaired) electrons. The second-order valence-corrected chi connectivity index (χ2v) is 3.61. The highest BCUT2D eigenvalue weighted by Gasteiger charge is 2.03. The van der Waals surface area contributed by atoms with Crippen molar-refractivity contribution < 1.29 is 19.1 Å². The molecule has 0 unspecified atom stereocenters. The average molecular weight is 264 g/mol. The Balaban J connectivity index is 2.75. The standard InChI is InChI=1S/C13H16N2O4/c1-9(16)14-15-13(17)7-5-10-4-6-11(18-2)8-12(10)19-3/h4-8H,1-3H3,(H,14,16)(H,15,17)/b7-5+. The summed E-state index contributed by atoms with van der Waals surface area (Å²) in [6.45, 7) is 1.30. The Hall–Kier alpha value is -2.50. The SMILES string of the molecule is COc1ccc(/C=C/C(=O)NNC(C)=O)c(OC)c1. The molecule has 1 rings (SSSR count). The molecule has 6 heteroatoms. The summed E-state index contributed by atoms with van der Waals surface area (Å²) in [7, 11) is 3.09. The fourth-order valence-electron chi connectivity index (χ4n) is 1.31. The number of nitrogens with one attached hydrogen (secondary N) is 2. The van der Waals surface area contributed by atoms with Crippen molar-refractivity contribution in [2.75, 3.05) is 14.2 Å². The molecule has 1 aromatic rings. The van der Waals surface area contributed by atoms with E-state index in [-0.39, 0.29) is 5.91 Å². The Morgan fingerprint density at radius 3 is 2.47 bits per heavy atom. The summed E-state index contributed by atoms with van der Waals surface area (Å²) < 4.78 is 10.3. The van der Waals surface area contributed by atoms with Crippen molar-refractivity contribution >= 4 is 17.9 Å². The molecule has 6 nitrogen and oxygen atoms in total. The van der Waals surface area contributed by atoms with E-state index in [1.807, 2.05) is 0 Å². The lowest BCUT2D eigenvalue weighted by Gasteiger charge is -2.07. The van der Waals surface area contributed by atoms with E-state index < -0.39 is 5.91 Å². The maximum atomic E-state index is 11.4. The quantitative estimate of drug-likeness (QED) is 0.625. The second-order valence-electron chi connectivity index (χ2n) is 3.61. The lowest BCUT2D eigenvalue weighted by atomic mass is 10.1. The number of hydrogen-bond donors (Lipinski definition) is 2. The topological polar surface area (TPSA) is 76.7 Å². The highest BCUT2D eigenvalue weighted by Crippen LogP contribution is 2.25. The number of hydrazine groups is 1. The number of amides is 2. The molecule has 2 N–H and O–H groups in total. The number of ether oxygens (including phenoxy) is 2. The summed E-state index contributed by atoms with van der Waals surface area (Å²) in [4.78, 5) is 22.0. The van der Waals surface area contributed by atoms with Crippen LogP contribution in [-0.4, -0.2) is 26.0 Å². The van der Waals surface area contributed by atoms with Crippen molar-refractivity contribution in [3.63, 3.8) is 0 Å². The number of rotatable bonds is 4. The van der Waals surface area contributed by atoms with Crippen LogP contribution >= 0.6 is 0 Å². The van der Waals surface area contributed by atoms with Gasteiger partial charge in [-0.1, -0.05) is 0 Å². The molecule has 0 bridgehead atoms. The summed E-state index contributed by atoms with van der Waals surface area (Å²) in [5.74, 6) is 0.469. The van der Waals surface area contributed by atoms with Crippen LogP contribution in [0.25, 0.3) is 6.08 Å². The Kier molecular flexibility index (Phi) is 5.40. The molecule has 0 heterocycles. The number of carbonyl (C=O) groups is 2. The molecule has 0 saturated heterocycles. The van der Waals surface area contributed by atoms with E-state index in [0.717, 1.165) is 5.56 Å². The first-order valence-electron chi connectivity index (χ1n) is 5.53. The third kappa shape index (κ3) is 4.71. The molecule has 0 spiro atoms. The normalized spacial score (nSPS) is 10.1. The zero-order chi connectivity index (χ0) is 14.3. The molecule has 0 aliphatic carbocycles. The van der Waals surface area contributed by atoms with Crippen molar-refractivity contribution in [3.8, 4) is 11.5 Å². The van der Waals surface area contributed by atoms with E-state index in [2.05, 4.69) is 10.9 Å². The van der Waals surface area contributed by atoms with Gasteiger partial charge in [-0.3, -0.25) is 20.4 Å². The Labute approximate surface area is 111 Å². The van der Waals surface area contributed by atoms with Crippen LogP contribution < -0.4 is 20.3 Å². The van der Waals surface area contributed by atoms with Gasteiger partial charge in [-0.25, -0.2) is 0 Å². The third-order valence-corrected chi connectivity index (χ3v) is 2.22. The smallest absolute Gasteiger partial charge is 0.262 e. The lowest BCUT2D eigenvalue weighted by molar-refractivity contribution is -0.125. The summed E-state index contributed by atoms with van der Waals surface area (Å²) in [5.41, 5.74) is 5.13. The Morgan fingerprint density at radius 1 is 1.16 bits per heavy atom. The summed E-state index contributed by atoms with van der Waals surface area (Å²) in [6.07, 6.45) is 2.87. The van der Waals surface area contributed by atoms with Crippen LogP contribution in [-0.2, 0) is 9.59 Å². The molecule has 2 amide bonds. The summed E-state index contributed by atoms with van der Waals surface area (Å²) >= 11 is 0. The first kappa shape index (κ1) is 14.6. The van der Waals surface area contributed by atoms with Crippen LogP contribution in [0.5, 0.6) is 11.5 Å². The van der Waals surface area contributed by atoms with Crippen LogP contribution in [0.15, 0.2) is 24.3 Å². The Morgan fingerprint density at radius 2 is 1.89 bits per heavy atom. The predicted molar refractivity (Wildman–Crippen MR) is 70.5 cm³/mol. The number of hydrogen-bond acceptors (Lipinski definition) is 4. The minimum atomic E-state index is -0.437. The van der Waals surface area contributed by atoms with Gasteiger partial charge in [0, 0.05) is 24.6 Å². The van der Waals surface area contributed by atoms with Crippen LogP contribution in [0.1, 0.15) is 12.5 Å². The fraction of sp³-hybridized carbons (Fsp3) is 0.231. The van der Waals surface area contributed by atoms with E-state index in [9.17, 15) is 9.59 Å². The van der Waals surface area contributed by atoms with Gasteiger partial charge < -0.3 is 9.47 Å². The molecule has 19 heavy (non-hydrogen) atoms. The first-order valence-corrected chi connectivity index (χ1v) is 5.53. The van der Waals surface area contributed by atoms with Gasteiger partial charge in [0.2, 0.25) is 5.91 Å². The maximum absolute atomic E-state index is 11.4. The van der Waals surface area contributed by atoms with Crippen LogP contribution in [0, 0.1) is 0 Å². The van der Waals surface area contributed by atoms with E-state index in [4.69, 9.17) is 9.47 Å². The highest BCUT2D eigenvalue weighted by molar-refractivity contribution is 5.93. The van der Waals surface area contributed by atoms with Crippen molar-refractivity contribution in [1.29, 1.82) is 0 Å². The zero-order valence-corrected chi connectivity index (χ0v) is 11.0. The molecule has 0 atom stereocenters. The number of carbonyl (C=O) groups excluding carboxylic acids is 2. The molecule has 0 fully saturated rings. The van der Waals surface area contributed by atoms with E-state index >= 15 is 0 Å². The second kappa shape index (κ2) is 7.05. The minimum Gasteiger partial charge on any atom is -0.497 e. The Bertz CT molecular complexity index is 497. The molecular weight excluding hydrogens is 248 g/mol. The van der Waals surface area contributed by atoms with Gasteiger partial charge >= 0.3 is 0 Å². The maximum Gasteiger partial charge on any atom is 0.262 e. The molecule has 0 aromatic heterocycles. The predicted octanol–water partition coefficient (Wildman–Crippen LogP) is 0.884. The molecule has 1 aromatic carbocycles. The van der Waals surface area contributed by atoms with Gasteiger partial charge in [-0.15, -0.1) is 0 Å². The largest absolute Gasteiger partial charge is 0.497 e. The van der Waals surface area contributed by atoms with Gasteiger partial charge in [0.05, 0.1) is 14.2 Å². The molecule has 102 valence electrons. The summed E-state index contributed by atoms with van der Waals surface area (Å²) in [6, 6.07) is 5.24. The van der Waals surface area contributed by atoms with Crippen LogP contribution in [0.4, 0.5) is 0 Å². The number of benzene rings is 1. The minimum absolute atomic E-state index is 0.344. The fourth-order valence-corrected chi connectivity index (χ4v) is 1.31. The van der Waals surface area contributed by atoms with Gasteiger partial charge in [-0.05, 0) is 18.2 Å². The van der Waals surface area contributed by atoms with Gasteiger partial charge in [0.25, 0.3) is 5.91 Å².